The molecule has 0 N–H and O–H groups in total. The lowest BCUT2D eigenvalue weighted by molar-refractivity contribution is 0.0971. The normalized spacial score (nSPS) is 13.2. The number of imidazole rings is 1. The monoisotopic (exact) mass is 324 g/mol. The van der Waals surface area contributed by atoms with Gasteiger partial charge in [0.15, 0.2) is 17.3 Å². The Morgan fingerprint density at radius 3 is 2.54 bits per heavy atom. The molecule has 3 aromatic rings. The van der Waals surface area contributed by atoms with Crippen LogP contribution in [-0.4, -0.2) is 28.1 Å². The third-order valence-corrected chi connectivity index (χ3v) is 4.22. The largest absolute Gasteiger partial charge is 0.486 e. The molecule has 1 aliphatic rings. The minimum atomic E-state index is -0.206. The van der Waals surface area contributed by atoms with Crippen molar-refractivity contribution in [1.82, 2.24) is 9.13 Å². The number of nitrogens with zero attached hydrogens (tertiary/aromatic N) is 2. The maximum Gasteiger partial charge on any atom is 0.329 e. The van der Waals surface area contributed by atoms with Gasteiger partial charge in [-0.3, -0.25) is 13.9 Å². The summed E-state index contributed by atoms with van der Waals surface area (Å²) in [7, 11) is 1.70. The summed E-state index contributed by atoms with van der Waals surface area (Å²) in [6.07, 6.45) is 0. The number of carbonyl (C=O) groups is 1. The highest BCUT2D eigenvalue weighted by Crippen LogP contribution is 2.31. The summed E-state index contributed by atoms with van der Waals surface area (Å²) >= 11 is 0. The predicted molar refractivity (Wildman–Crippen MR) is 88.9 cm³/mol. The van der Waals surface area contributed by atoms with Gasteiger partial charge in [-0.05, 0) is 30.3 Å². The van der Waals surface area contributed by atoms with Gasteiger partial charge >= 0.3 is 5.69 Å². The van der Waals surface area contributed by atoms with Crippen molar-refractivity contribution in [3.05, 3.63) is 58.5 Å². The number of fused-ring (bicyclic) bond motifs is 2. The van der Waals surface area contributed by atoms with Crippen LogP contribution in [0, 0.1) is 0 Å². The van der Waals surface area contributed by atoms with E-state index in [0.717, 1.165) is 11.0 Å². The van der Waals surface area contributed by atoms with E-state index in [-0.39, 0.29) is 18.0 Å². The maximum atomic E-state index is 12.6. The van der Waals surface area contributed by atoms with Crippen LogP contribution < -0.4 is 15.2 Å². The van der Waals surface area contributed by atoms with Gasteiger partial charge in [0.25, 0.3) is 0 Å². The third-order valence-electron chi connectivity index (χ3n) is 4.22. The Morgan fingerprint density at radius 1 is 1.04 bits per heavy atom. The van der Waals surface area contributed by atoms with E-state index >= 15 is 0 Å². The van der Waals surface area contributed by atoms with Crippen molar-refractivity contribution in [2.45, 2.75) is 6.54 Å². The molecule has 0 aliphatic carbocycles. The molecule has 0 radical (unpaired) electrons. The van der Waals surface area contributed by atoms with Crippen LogP contribution in [0.4, 0.5) is 0 Å². The zero-order valence-corrected chi connectivity index (χ0v) is 13.2. The quantitative estimate of drug-likeness (QED) is 0.691. The molecule has 6 heteroatoms. The van der Waals surface area contributed by atoms with Gasteiger partial charge in [-0.2, -0.15) is 0 Å². The topological polar surface area (TPSA) is 62.5 Å². The minimum Gasteiger partial charge on any atom is -0.486 e. The average molecular weight is 324 g/mol. The number of para-hydroxylation sites is 2. The Bertz CT molecular complexity index is 1000. The van der Waals surface area contributed by atoms with E-state index in [2.05, 4.69) is 0 Å². The molecule has 1 aromatic heterocycles. The number of hydrogen-bond acceptors (Lipinski definition) is 4. The second-order valence-corrected chi connectivity index (χ2v) is 5.70. The van der Waals surface area contributed by atoms with Gasteiger partial charge in [0.2, 0.25) is 0 Å². The highest BCUT2D eigenvalue weighted by molar-refractivity contribution is 5.97. The molecule has 24 heavy (non-hydrogen) atoms. The van der Waals surface area contributed by atoms with Gasteiger partial charge in [0.05, 0.1) is 17.6 Å². The summed E-state index contributed by atoms with van der Waals surface area (Å²) in [6, 6.07) is 12.5. The standard InChI is InChI=1S/C18H16N2O4/c1-19-13-4-2-3-5-14(13)20(18(19)22)11-15(21)12-6-7-16-17(10-12)24-9-8-23-16/h2-7,10H,8-9,11H2,1H3. The summed E-state index contributed by atoms with van der Waals surface area (Å²) in [4.78, 5) is 25.1. The van der Waals surface area contributed by atoms with E-state index in [1.54, 1.807) is 29.8 Å². The van der Waals surface area contributed by atoms with Crippen LogP contribution in [0.3, 0.4) is 0 Å². The molecule has 0 fully saturated rings. The van der Waals surface area contributed by atoms with Crippen molar-refractivity contribution in [2.75, 3.05) is 13.2 Å². The first-order valence-corrected chi connectivity index (χ1v) is 7.72. The van der Waals surface area contributed by atoms with Gasteiger partial charge in [-0.15, -0.1) is 0 Å². The molecule has 0 amide bonds. The van der Waals surface area contributed by atoms with Gasteiger partial charge in [0, 0.05) is 12.6 Å². The van der Waals surface area contributed by atoms with Crippen LogP contribution in [-0.2, 0) is 13.6 Å². The van der Waals surface area contributed by atoms with Crippen LogP contribution in [0.15, 0.2) is 47.3 Å². The molecule has 1 aliphatic heterocycles. The SMILES string of the molecule is Cn1c(=O)n(CC(=O)c2ccc3c(c2)OCCO3)c2ccccc21. The van der Waals surface area contributed by atoms with Crippen molar-refractivity contribution in [2.24, 2.45) is 7.05 Å². The Hall–Kier alpha value is -3.02. The molecule has 4 rings (SSSR count). The number of carbonyl (C=O) groups excluding carboxylic acids is 1. The fourth-order valence-electron chi connectivity index (χ4n) is 2.97. The van der Waals surface area contributed by atoms with Crippen molar-refractivity contribution in [3.63, 3.8) is 0 Å². The first kappa shape index (κ1) is 14.6. The van der Waals surface area contributed by atoms with Crippen LogP contribution in [0.5, 0.6) is 11.5 Å². The molecule has 0 saturated carbocycles. The third kappa shape index (κ3) is 2.27. The van der Waals surface area contributed by atoms with E-state index in [0.29, 0.717) is 30.3 Å². The molecule has 0 spiro atoms. The zero-order valence-electron chi connectivity index (χ0n) is 13.2. The lowest BCUT2D eigenvalue weighted by Gasteiger charge is -2.18. The number of aromatic nitrogens is 2. The van der Waals surface area contributed by atoms with Crippen molar-refractivity contribution < 1.29 is 14.3 Å². The lowest BCUT2D eigenvalue weighted by atomic mass is 10.1. The zero-order chi connectivity index (χ0) is 16.7. The highest BCUT2D eigenvalue weighted by Gasteiger charge is 2.17. The molecular weight excluding hydrogens is 308 g/mol. The molecule has 122 valence electrons. The Labute approximate surface area is 137 Å². The Kier molecular flexibility index (Phi) is 3.37. The van der Waals surface area contributed by atoms with Crippen LogP contribution in [0.2, 0.25) is 0 Å². The van der Waals surface area contributed by atoms with E-state index < -0.39 is 0 Å². The minimum absolute atomic E-state index is 0.0141. The summed E-state index contributed by atoms with van der Waals surface area (Å²) in [5.74, 6) is 1.06. The first-order chi connectivity index (χ1) is 11.6. The van der Waals surface area contributed by atoms with Crippen molar-refractivity contribution in [1.29, 1.82) is 0 Å². The number of ether oxygens (including phenoxy) is 2. The summed E-state index contributed by atoms with van der Waals surface area (Å²) in [5, 5.41) is 0. The number of ketones is 1. The predicted octanol–water partition coefficient (Wildman–Crippen LogP) is 1.99. The van der Waals surface area contributed by atoms with E-state index in [1.165, 1.54) is 4.57 Å². The highest BCUT2D eigenvalue weighted by atomic mass is 16.6. The van der Waals surface area contributed by atoms with Crippen LogP contribution in [0.1, 0.15) is 10.4 Å². The van der Waals surface area contributed by atoms with E-state index in [1.807, 2.05) is 24.3 Å². The number of aryl methyl sites for hydroxylation is 1. The van der Waals surface area contributed by atoms with Gasteiger partial charge in [-0.1, -0.05) is 12.1 Å². The number of rotatable bonds is 3. The Morgan fingerprint density at radius 2 is 1.75 bits per heavy atom. The summed E-state index contributed by atoms with van der Waals surface area (Å²) < 4.78 is 14.0. The molecule has 0 bridgehead atoms. The van der Waals surface area contributed by atoms with Crippen LogP contribution in [0.25, 0.3) is 11.0 Å². The van der Waals surface area contributed by atoms with E-state index in [4.69, 9.17) is 9.47 Å². The second kappa shape index (κ2) is 5.56. The average Bonchev–Trinajstić information content (AvgIpc) is 2.86. The van der Waals surface area contributed by atoms with Gasteiger partial charge in [0.1, 0.15) is 13.2 Å². The number of Topliss-reactive ketones (excluding diaryl/α,β-unsaturated/α-hetero) is 1. The second-order valence-electron chi connectivity index (χ2n) is 5.70. The first-order valence-electron chi connectivity index (χ1n) is 7.72. The molecule has 2 heterocycles. The molecule has 0 saturated heterocycles. The lowest BCUT2D eigenvalue weighted by Crippen LogP contribution is -2.25. The fraction of sp³-hybridized carbons (Fsp3) is 0.222. The molecule has 0 atom stereocenters. The Balaban J connectivity index is 1.70. The van der Waals surface area contributed by atoms with Gasteiger partial charge in [-0.25, -0.2) is 4.79 Å². The molecule has 6 nitrogen and oxygen atoms in total. The summed E-state index contributed by atoms with van der Waals surface area (Å²) in [5.41, 5.74) is 1.84. The smallest absolute Gasteiger partial charge is 0.329 e. The fourth-order valence-corrected chi connectivity index (χ4v) is 2.97. The number of benzene rings is 2. The van der Waals surface area contributed by atoms with Crippen molar-refractivity contribution in [3.8, 4) is 11.5 Å². The molecular formula is C18H16N2O4. The van der Waals surface area contributed by atoms with Crippen molar-refractivity contribution >= 4 is 16.8 Å². The van der Waals surface area contributed by atoms with Gasteiger partial charge < -0.3 is 9.47 Å². The maximum absolute atomic E-state index is 12.6. The van der Waals surface area contributed by atoms with Crippen LogP contribution >= 0.6 is 0 Å². The molecule has 2 aromatic carbocycles. The molecule has 0 unspecified atom stereocenters. The summed E-state index contributed by atoms with van der Waals surface area (Å²) in [6.45, 7) is 0.957. The van der Waals surface area contributed by atoms with E-state index in [9.17, 15) is 9.59 Å². The number of hydrogen-bond donors (Lipinski definition) is 0.